The summed E-state index contributed by atoms with van der Waals surface area (Å²) >= 11 is 4.76. The quantitative estimate of drug-likeness (QED) is 0.652. The smallest absolute Gasteiger partial charge is 0.261 e. The molecule has 3 aromatic rings. The molecule has 0 spiro atoms. The van der Waals surface area contributed by atoms with Crippen molar-refractivity contribution >= 4 is 44.1 Å². The van der Waals surface area contributed by atoms with Crippen LogP contribution in [0.5, 0.6) is 5.75 Å². The minimum atomic E-state index is -0.231. The molecule has 0 aliphatic rings. The van der Waals surface area contributed by atoms with Gasteiger partial charge in [0.1, 0.15) is 5.76 Å². The highest BCUT2D eigenvalue weighted by Gasteiger charge is 2.17. The Morgan fingerprint density at radius 1 is 1.39 bits per heavy atom. The van der Waals surface area contributed by atoms with E-state index >= 15 is 0 Å². The molecule has 2 aromatic heterocycles. The minimum Gasteiger partial charge on any atom is -0.490 e. The summed E-state index contributed by atoms with van der Waals surface area (Å²) in [6.07, 6.45) is 0. The number of ether oxygens (including phenoxy) is 1. The summed E-state index contributed by atoms with van der Waals surface area (Å²) in [6.45, 7) is 4.41. The molecule has 1 N–H and O–H groups in total. The summed E-state index contributed by atoms with van der Waals surface area (Å²) in [5.41, 5.74) is 0.712. The molecule has 1 amide bonds. The van der Waals surface area contributed by atoms with Gasteiger partial charge in [-0.15, -0.1) is 11.3 Å². The molecule has 2 heterocycles. The molecule has 0 fully saturated rings. The molecule has 0 aliphatic heterocycles. The molecule has 0 aliphatic carbocycles. The Kier molecular flexibility index (Phi) is 4.73. The summed E-state index contributed by atoms with van der Waals surface area (Å²) in [5.74, 6) is 1.31. The average Bonchev–Trinajstić information content (AvgIpc) is 3.14. The van der Waals surface area contributed by atoms with Gasteiger partial charge in [-0.05, 0) is 54.0 Å². The molecule has 1 unspecified atom stereocenters. The Hall–Kier alpha value is -1.79. The second kappa shape index (κ2) is 6.76. The third-order valence-corrected chi connectivity index (χ3v) is 5.02. The SMILES string of the molecule is CCOc1cccc2cc(C(C)NC(=O)c3ccc(Br)s3)oc12. The van der Waals surface area contributed by atoms with Gasteiger partial charge in [0.25, 0.3) is 5.91 Å². The van der Waals surface area contributed by atoms with Crippen molar-refractivity contribution in [2.45, 2.75) is 19.9 Å². The van der Waals surface area contributed by atoms with Gasteiger partial charge in [0.05, 0.1) is 21.3 Å². The van der Waals surface area contributed by atoms with Gasteiger partial charge in [0.15, 0.2) is 11.3 Å². The van der Waals surface area contributed by atoms with E-state index in [0.29, 0.717) is 22.8 Å². The molecule has 0 saturated carbocycles. The van der Waals surface area contributed by atoms with E-state index in [2.05, 4.69) is 21.2 Å². The molecule has 1 aromatic carbocycles. The van der Waals surface area contributed by atoms with E-state index in [1.807, 2.05) is 44.2 Å². The molecule has 23 heavy (non-hydrogen) atoms. The van der Waals surface area contributed by atoms with Gasteiger partial charge in [-0.3, -0.25) is 4.79 Å². The lowest BCUT2D eigenvalue weighted by Gasteiger charge is -2.10. The first-order chi connectivity index (χ1) is 11.1. The Bertz CT molecular complexity index is 839. The number of nitrogens with one attached hydrogen (secondary N) is 1. The fourth-order valence-corrected chi connectivity index (χ4v) is 3.60. The summed E-state index contributed by atoms with van der Waals surface area (Å²) in [5, 5.41) is 3.92. The summed E-state index contributed by atoms with van der Waals surface area (Å²) in [7, 11) is 0. The number of para-hydroxylation sites is 1. The van der Waals surface area contributed by atoms with E-state index in [1.165, 1.54) is 11.3 Å². The second-order valence-electron chi connectivity index (χ2n) is 5.06. The standard InChI is InChI=1S/C17H16BrNO3S/c1-3-21-12-6-4-5-11-9-13(22-16(11)12)10(2)19-17(20)14-7-8-15(18)23-14/h4-10H,3H2,1-2H3,(H,19,20). The molecular formula is C17H16BrNO3S. The van der Waals surface area contributed by atoms with Crippen molar-refractivity contribution in [1.29, 1.82) is 0 Å². The van der Waals surface area contributed by atoms with Crippen LogP contribution < -0.4 is 10.1 Å². The number of halogens is 1. The number of fused-ring (bicyclic) bond motifs is 1. The Balaban J connectivity index is 1.82. The van der Waals surface area contributed by atoms with Crippen LogP contribution in [0.25, 0.3) is 11.0 Å². The number of benzene rings is 1. The fourth-order valence-electron chi connectivity index (χ4n) is 2.31. The number of thiophene rings is 1. The summed E-state index contributed by atoms with van der Waals surface area (Å²) in [4.78, 5) is 12.9. The van der Waals surface area contributed by atoms with Crippen molar-refractivity contribution in [3.8, 4) is 5.75 Å². The van der Waals surface area contributed by atoms with Crippen LogP contribution in [0.2, 0.25) is 0 Å². The largest absolute Gasteiger partial charge is 0.490 e. The van der Waals surface area contributed by atoms with Gasteiger partial charge in [-0.2, -0.15) is 0 Å². The van der Waals surface area contributed by atoms with E-state index < -0.39 is 0 Å². The zero-order valence-corrected chi connectivity index (χ0v) is 15.2. The third-order valence-electron chi connectivity index (χ3n) is 3.40. The van der Waals surface area contributed by atoms with Crippen LogP contribution >= 0.6 is 27.3 Å². The highest BCUT2D eigenvalue weighted by molar-refractivity contribution is 9.11. The summed E-state index contributed by atoms with van der Waals surface area (Å²) < 4.78 is 12.4. The first-order valence-electron chi connectivity index (χ1n) is 7.30. The van der Waals surface area contributed by atoms with E-state index in [4.69, 9.17) is 9.15 Å². The molecule has 120 valence electrons. The van der Waals surface area contributed by atoms with Crippen molar-refractivity contribution in [3.63, 3.8) is 0 Å². The van der Waals surface area contributed by atoms with Crippen molar-refractivity contribution in [3.05, 3.63) is 50.8 Å². The van der Waals surface area contributed by atoms with Crippen LogP contribution in [0, 0.1) is 0 Å². The van der Waals surface area contributed by atoms with E-state index in [9.17, 15) is 4.79 Å². The Morgan fingerprint density at radius 3 is 2.91 bits per heavy atom. The lowest BCUT2D eigenvalue weighted by atomic mass is 10.2. The monoisotopic (exact) mass is 393 g/mol. The van der Waals surface area contributed by atoms with Gasteiger partial charge in [-0.25, -0.2) is 0 Å². The number of furan rings is 1. The first kappa shape index (κ1) is 16.1. The number of hydrogen-bond acceptors (Lipinski definition) is 4. The highest BCUT2D eigenvalue weighted by Crippen LogP contribution is 2.31. The van der Waals surface area contributed by atoms with Gasteiger partial charge in [0, 0.05) is 5.39 Å². The van der Waals surface area contributed by atoms with Crippen molar-refractivity contribution in [1.82, 2.24) is 5.32 Å². The highest BCUT2D eigenvalue weighted by atomic mass is 79.9. The van der Waals surface area contributed by atoms with Crippen LogP contribution in [0.3, 0.4) is 0 Å². The lowest BCUT2D eigenvalue weighted by Crippen LogP contribution is -2.25. The molecule has 3 rings (SSSR count). The number of carbonyl (C=O) groups is 1. The van der Waals surface area contributed by atoms with Gasteiger partial charge < -0.3 is 14.5 Å². The predicted molar refractivity (Wildman–Crippen MR) is 95.3 cm³/mol. The third kappa shape index (κ3) is 3.43. The average molecular weight is 394 g/mol. The number of carbonyl (C=O) groups excluding carboxylic acids is 1. The maximum atomic E-state index is 12.2. The normalized spacial score (nSPS) is 12.3. The van der Waals surface area contributed by atoms with Crippen LogP contribution in [-0.2, 0) is 0 Å². The summed E-state index contributed by atoms with van der Waals surface area (Å²) in [6, 6.07) is 11.1. The van der Waals surface area contributed by atoms with Gasteiger partial charge >= 0.3 is 0 Å². The van der Waals surface area contributed by atoms with E-state index in [1.54, 1.807) is 6.07 Å². The molecule has 0 bridgehead atoms. The molecule has 6 heteroatoms. The predicted octanol–water partition coefficient (Wildman–Crippen LogP) is 5.15. The maximum Gasteiger partial charge on any atom is 0.261 e. The molecular weight excluding hydrogens is 378 g/mol. The topological polar surface area (TPSA) is 51.5 Å². The fraction of sp³-hybridized carbons (Fsp3) is 0.235. The van der Waals surface area contributed by atoms with Crippen LogP contribution in [-0.4, -0.2) is 12.5 Å². The number of amides is 1. The molecule has 1 atom stereocenters. The lowest BCUT2D eigenvalue weighted by molar-refractivity contribution is 0.0940. The number of hydrogen-bond donors (Lipinski definition) is 1. The maximum absolute atomic E-state index is 12.2. The molecule has 0 saturated heterocycles. The second-order valence-corrected chi connectivity index (χ2v) is 7.52. The number of rotatable bonds is 5. The Morgan fingerprint density at radius 2 is 2.22 bits per heavy atom. The van der Waals surface area contributed by atoms with Crippen LogP contribution in [0.15, 0.2) is 44.6 Å². The van der Waals surface area contributed by atoms with Crippen LogP contribution in [0.4, 0.5) is 0 Å². The molecule has 4 nitrogen and oxygen atoms in total. The van der Waals surface area contributed by atoms with Crippen LogP contribution in [0.1, 0.15) is 35.3 Å². The van der Waals surface area contributed by atoms with Crippen molar-refractivity contribution < 1.29 is 13.9 Å². The van der Waals surface area contributed by atoms with Crippen molar-refractivity contribution in [2.75, 3.05) is 6.61 Å². The molecule has 0 radical (unpaired) electrons. The zero-order chi connectivity index (χ0) is 16.4. The van der Waals surface area contributed by atoms with E-state index in [-0.39, 0.29) is 11.9 Å². The van der Waals surface area contributed by atoms with E-state index in [0.717, 1.165) is 14.9 Å². The first-order valence-corrected chi connectivity index (χ1v) is 8.91. The Labute approximate surface area is 146 Å². The van der Waals surface area contributed by atoms with Gasteiger partial charge in [0.2, 0.25) is 0 Å². The zero-order valence-electron chi connectivity index (χ0n) is 12.8. The van der Waals surface area contributed by atoms with Crippen molar-refractivity contribution in [2.24, 2.45) is 0 Å². The van der Waals surface area contributed by atoms with Gasteiger partial charge in [-0.1, -0.05) is 12.1 Å². The minimum absolute atomic E-state index is 0.112.